The maximum Gasteiger partial charge on any atom is 0.163 e. The van der Waals surface area contributed by atoms with Crippen LogP contribution in [0.25, 0.3) is 0 Å². The highest BCUT2D eigenvalue weighted by atomic mass is 35.5. The standard InChI is InChI=1S/C6H4Cl2N2/c7-5(3-9)1-2-6(5,8)4-10/h1-2H2. The quantitative estimate of drug-likeness (QED) is 0.526. The Hall–Kier alpha value is -0.440. The van der Waals surface area contributed by atoms with Crippen molar-refractivity contribution in [2.24, 2.45) is 0 Å². The largest absolute Gasteiger partial charge is 0.196 e. The first-order valence-corrected chi connectivity index (χ1v) is 3.54. The predicted molar refractivity (Wildman–Crippen MR) is 37.6 cm³/mol. The van der Waals surface area contributed by atoms with Crippen LogP contribution in [0, 0.1) is 22.7 Å². The van der Waals surface area contributed by atoms with Crippen molar-refractivity contribution < 1.29 is 0 Å². The lowest BCUT2D eigenvalue weighted by molar-refractivity contribution is 0.366. The van der Waals surface area contributed by atoms with Gasteiger partial charge in [0.05, 0.1) is 12.1 Å². The van der Waals surface area contributed by atoms with Crippen LogP contribution in [0.2, 0.25) is 0 Å². The SMILES string of the molecule is N#CC1(Cl)CCC1(Cl)C#N. The number of rotatable bonds is 0. The average molecular weight is 175 g/mol. The minimum absolute atomic E-state index is 0.502. The zero-order valence-electron chi connectivity index (χ0n) is 5.06. The minimum atomic E-state index is -1.15. The van der Waals surface area contributed by atoms with Crippen LogP contribution in [0.5, 0.6) is 0 Å². The van der Waals surface area contributed by atoms with Gasteiger partial charge in [0.1, 0.15) is 0 Å². The Kier molecular flexibility index (Phi) is 1.55. The molecule has 4 heteroatoms. The molecule has 1 aliphatic rings. The van der Waals surface area contributed by atoms with E-state index in [2.05, 4.69) is 0 Å². The third-order valence-electron chi connectivity index (χ3n) is 1.80. The molecule has 0 bridgehead atoms. The smallest absolute Gasteiger partial charge is 0.163 e. The van der Waals surface area contributed by atoms with Gasteiger partial charge in [-0.3, -0.25) is 0 Å². The van der Waals surface area contributed by atoms with Gasteiger partial charge in [0.2, 0.25) is 0 Å². The molecule has 0 saturated heterocycles. The highest BCUT2D eigenvalue weighted by Crippen LogP contribution is 2.51. The summed E-state index contributed by atoms with van der Waals surface area (Å²) in [6, 6.07) is 3.66. The topological polar surface area (TPSA) is 47.6 Å². The van der Waals surface area contributed by atoms with Gasteiger partial charge >= 0.3 is 0 Å². The molecule has 1 rings (SSSR count). The van der Waals surface area contributed by atoms with Gasteiger partial charge in [0, 0.05) is 0 Å². The molecular weight excluding hydrogens is 171 g/mol. The van der Waals surface area contributed by atoms with Crippen molar-refractivity contribution in [2.45, 2.75) is 22.6 Å². The van der Waals surface area contributed by atoms with Gasteiger partial charge in [0.15, 0.2) is 9.75 Å². The highest BCUT2D eigenvalue weighted by Gasteiger charge is 2.59. The van der Waals surface area contributed by atoms with E-state index >= 15 is 0 Å². The van der Waals surface area contributed by atoms with Crippen LogP contribution >= 0.6 is 23.2 Å². The van der Waals surface area contributed by atoms with Gasteiger partial charge in [-0.15, -0.1) is 0 Å². The van der Waals surface area contributed by atoms with E-state index in [9.17, 15) is 0 Å². The Bertz CT molecular complexity index is 213. The number of halogens is 2. The molecule has 2 nitrogen and oxygen atoms in total. The minimum Gasteiger partial charge on any atom is -0.196 e. The van der Waals surface area contributed by atoms with E-state index in [1.54, 1.807) is 0 Å². The van der Waals surface area contributed by atoms with Crippen molar-refractivity contribution in [1.29, 1.82) is 10.5 Å². The summed E-state index contributed by atoms with van der Waals surface area (Å²) in [6.07, 6.45) is 1.00. The molecule has 0 aromatic carbocycles. The van der Waals surface area contributed by atoms with Gasteiger partial charge in [0.25, 0.3) is 0 Å². The Labute approximate surface area is 68.9 Å². The molecule has 0 N–H and O–H groups in total. The lowest BCUT2D eigenvalue weighted by atomic mass is 9.74. The van der Waals surface area contributed by atoms with Crippen molar-refractivity contribution >= 4 is 23.2 Å². The Morgan fingerprint density at radius 2 is 1.30 bits per heavy atom. The molecule has 0 aromatic rings. The van der Waals surface area contributed by atoms with Crippen LogP contribution in [0.4, 0.5) is 0 Å². The summed E-state index contributed by atoms with van der Waals surface area (Å²) in [5, 5.41) is 17.0. The molecule has 0 aliphatic heterocycles. The van der Waals surface area contributed by atoms with Crippen molar-refractivity contribution in [2.75, 3.05) is 0 Å². The Balaban J connectivity index is 2.90. The maximum atomic E-state index is 8.49. The molecule has 0 aromatic heterocycles. The first kappa shape index (κ1) is 7.66. The lowest BCUT2D eigenvalue weighted by Crippen LogP contribution is -2.53. The van der Waals surface area contributed by atoms with Crippen LogP contribution in [0.1, 0.15) is 12.8 Å². The molecule has 0 radical (unpaired) electrons. The van der Waals surface area contributed by atoms with E-state index < -0.39 is 9.75 Å². The summed E-state index contributed by atoms with van der Waals surface area (Å²) < 4.78 is 0. The first-order valence-electron chi connectivity index (χ1n) is 2.78. The number of nitriles is 2. The molecule has 1 aliphatic carbocycles. The number of nitrogens with zero attached hydrogens (tertiary/aromatic N) is 2. The monoisotopic (exact) mass is 174 g/mol. The normalized spacial score (nSPS) is 44.8. The predicted octanol–water partition coefficient (Wildman–Crippen LogP) is 1.78. The fourth-order valence-corrected chi connectivity index (χ4v) is 1.32. The summed E-state index contributed by atoms with van der Waals surface area (Å²) in [7, 11) is 0. The van der Waals surface area contributed by atoms with Gasteiger partial charge in [-0.25, -0.2) is 0 Å². The van der Waals surface area contributed by atoms with Crippen molar-refractivity contribution in [3.63, 3.8) is 0 Å². The third kappa shape index (κ3) is 0.700. The van der Waals surface area contributed by atoms with Gasteiger partial charge in [-0.1, -0.05) is 23.2 Å². The second-order valence-electron chi connectivity index (χ2n) is 2.33. The maximum absolute atomic E-state index is 8.49. The van der Waals surface area contributed by atoms with E-state index in [0.717, 1.165) is 0 Å². The molecule has 1 saturated carbocycles. The summed E-state index contributed by atoms with van der Waals surface area (Å²) in [4.78, 5) is -2.30. The summed E-state index contributed by atoms with van der Waals surface area (Å²) in [5.74, 6) is 0. The van der Waals surface area contributed by atoms with Crippen LogP contribution in [0.3, 0.4) is 0 Å². The van der Waals surface area contributed by atoms with Crippen molar-refractivity contribution in [3.8, 4) is 12.1 Å². The van der Waals surface area contributed by atoms with Crippen molar-refractivity contribution in [1.82, 2.24) is 0 Å². The zero-order chi connectivity index (χ0) is 7.83. The van der Waals surface area contributed by atoms with Crippen molar-refractivity contribution in [3.05, 3.63) is 0 Å². The van der Waals surface area contributed by atoms with E-state index in [0.29, 0.717) is 12.8 Å². The summed E-state index contributed by atoms with van der Waals surface area (Å²) in [5.41, 5.74) is 0. The second-order valence-corrected chi connectivity index (χ2v) is 3.62. The van der Waals surface area contributed by atoms with Gasteiger partial charge < -0.3 is 0 Å². The summed E-state index contributed by atoms with van der Waals surface area (Å²) >= 11 is 11.4. The molecule has 0 amide bonds. The molecular formula is C6H4Cl2N2. The number of hydrogen-bond donors (Lipinski definition) is 0. The first-order chi connectivity index (χ1) is 4.58. The summed E-state index contributed by atoms with van der Waals surface area (Å²) in [6.45, 7) is 0. The van der Waals surface area contributed by atoms with Crippen LogP contribution < -0.4 is 0 Å². The Morgan fingerprint density at radius 1 is 1.00 bits per heavy atom. The van der Waals surface area contributed by atoms with E-state index in [4.69, 9.17) is 33.7 Å². The molecule has 2 unspecified atom stereocenters. The lowest BCUT2D eigenvalue weighted by Gasteiger charge is -2.41. The van der Waals surface area contributed by atoms with Crippen LogP contribution in [-0.4, -0.2) is 9.75 Å². The van der Waals surface area contributed by atoms with Gasteiger partial charge in [-0.2, -0.15) is 10.5 Å². The number of hydrogen-bond acceptors (Lipinski definition) is 2. The molecule has 0 heterocycles. The van der Waals surface area contributed by atoms with E-state index in [-0.39, 0.29) is 0 Å². The zero-order valence-corrected chi connectivity index (χ0v) is 6.58. The molecule has 10 heavy (non-hydrogen) atoms. The second kappa shape index (κ2) is 2.02. The average Bonchev–Trinajstić information content (AvgIpc) is 1.99. The molecule has 2 atom stereocenters. The molecule has 0 spiro atoms. The van der Waals surface area contributed by atoms with E-state index in [1.807, 2.05) is 12.1 Å². The van der Waals surface area contributed by atoms with Crippen LogP contribution in [0.15, 0.2) is 0 Å². The fraction of sp³-hybridized carbons (Fsp3) is 0.667. The number of alkyl halides is 2. The Morgan fingerprint density at radius 3 is 1.40 bits per heavy atom. The van der Waals surface area contributed by atoms with E-state index in [1.165, 1.54) is 0 Å². The molecule has 1 fully saturated rings. The highest BCUT2D eigenvalue weighted by molar-refractivity contribution is 6.39. The van der Waals surface area contributed by atoms with Crippen LogP contribution in [-0.2, 0) is 0 Å². The fourth-order valence-electron chi connectivity index (χ4n) is 0.853. The molecule has 52 valence electrons. The third-order valence-corrected chi connectivity index (χ3v) is 3.09. The van der Waals surface area contributed by atoms with Gasteiger partial charge in [-0.05, 0) is 12.8 Å².